The van der Waals surface area contributed by atoms with E-state index in [0.29, 0.717) is 0 Å². The van der Waals surface area contributed by atoms with Gasteiger partial charge in [0.05, 0.1) is 71.3 Å². The fourth-order valence-corrected chi connectivity index (χ4v) is 11.3. The number of aliphatic hydroxyl groups is 4. The van der Waals surface area contributed by atoms with Crippen LogP contribution < -0.4 is 9.80 Å². The molecule has 4 bridgehead atoms. The van der Waals surface area contributed by atoms with Gasteiger partial charge < -0.3 is 39.4 Å². The first-order valence-electron chi connectivity index (χ1n) is 18.4. The van der Waals surface area contributed by atoms with E-state index in [1.165, 1.54) is 38.1 Å². The zero-order valence-corrected chi connectivity index (χ0v) is 30.4. The topological polar surface area (TPSA) is 206 Å². The van der Waals surface area contributed by atoms with E-state index >= 15 is 0 Å². The van der Waals surface area contributed by atoms with Crippen LogP contribution >= 0.6 is 0 Å². The Kier molecular flexibility index (Phi) is 8.16. The van der Waals surface area contributed by atoms with E-state index in [2.05, 4.69) is 0 Å². The summed E-state index contributed by atoms with van der Waals surface area (Å²) < 4.78 is 104. The third-order valence-electron chi connectivity index (χ3n) is 13.8. The molecule has 2 spiro atoms. The van der Waals surface area contributed by atoms with Gasteiger partial charge in [0.1, 0.15) is 59.3 Å². The van der Waals surface area contributed by atoms with E-state index in [4.69, 9.17) is 29.5 Å². The lowest BCUT2D eigenvalue weighted by molar-refractivity contribution is -0.165. The molecule has 8 aliphatic heterocycles. The largest absolute Gasteiger partial charge is 0.417 e. The first-order chi connectivity index (χ1) is 27.1. The molecule has 2 aromatic rings. The van der Waals surface area contributed by atoms with Gasteiger partial charge >= 0.3 is 12.4 Å². The Morgan fingerprint density at radius 1 is 0.655 bits per heavy atom. The normalized spacial score (nSPS) is 42.9. The lowest BCUT2D eigenvalue weighted by Crippen LogP contribution is -2.61. The highest BCUT2D eigenvalue weighted by Gasteiger charge is 2.83. The molecule has 0 radical (unpaired) electrons. The number of benzene rings is 2. The molecule has 0 saturated carbocycles. The summed E-state index contributed by atoms with van der Waals surface area (Å²) in [5.74, 6) is -4.05. The summed E-state index contributed by atoms with van der Waals surface area (Å²) in [6, 6.07) is 9.15. The molecule has 20 heteroatoms. The maximum Gasteiger partial charge on any atom is 0.417 e. The monoisotopic (exact) mass is 820 g/mol. The maximum absolute atomic E-state index is 13.4. The molecule has 0 aliphatic carbocycles. The van der Waals surface area contributed by atoms with Crippen molar-refractivity contribution >= 4 is 23.2 Å². The number of hydrogen-bond donors (Lipinski definition) is 4. The van der Waals surface area contributed by atoms with Gasteiger partial charge in [-0.15, -0.1) is 0 Å². The molecule has 2 aromatic carbocycles. The Hall–Kier alpha value is -4.38. The molecule has 8 heterocycles. The number of nitriles is 2. The number of rotatable bonds is 2. The molecule has 0 aromatic heterocycles. The minimum atomic E-state index is -4.77. The second-order valence-corrected chi connectivity index (χ2v) is 16.4. The minimum Gasteiger partial charge on any atom is -0.387 e. The van der Waals surface area contributed by atoms with E-state index in [9.17, 15) is 56.4 Å². The number of carbonyl (C=O) groups excluding carboxylic acids is 2. The molecular weight excluding hydrogens is 786 g/mol. The second-order valence-electron chi connectivity index (χ2n) is 16.4. The second kappa shape index (κ2) is 12.1. The highest BCUT2D eigenvalue weighted by Crippen LogP contribution is 2.67. The molecule has 8 aliphatic rings. The van der Waals surface area contributed by atoms with Crippen LogP contribution in [0.3, 0.4) is 0 Å². The molecule has 0 unspecified atom stereocenters. The summed E-state index contributed by atoms with van der Waals surface area (Å²) in [6.07, 6.45) is -15.9. The van der Waals surface area contributed by atoms with Crippen molar-refractivity contribution in [2.24, 2.45) is 23.7 Å². The Morgan fingerprint density at radius 3 is 1.34 bits per heavy atom. The van der Waals surface area contributed by atoms with Crippen molar-refractivity contribution in [2.45, 2.75) is 98.3 Å². The molecule has 4 N–H and O–H groups in total. The molecule has 308 valence electrons. The third kappa shape index (κ3) is 4.71. The highest BCUT2D eigenvalue weighted by atomic mass is 19.4. The van der Waals surface area contributed by atoms with Gasteiger partial charge in [-0.25, -0.2) is 0 Å². The van der Waals surface area contributed by atoms with Gasteiger partial charge in [-0.1, -0.05) is 0 Å². The van der Waals surface area contributed by atoms with Crippen LogP contribution in [0.4, 0.5) is 37.7 Å². The van der Waals surface area contributed by atoms with Crippen LogP contribution in [-0.4, -0.2) is 105 Å². The minimum absolute atomic E-state index is 0.0512. The van der Waals surface area contributed by atoms with Crippen molar-refractivity contribution in [2.75, 3.05) is 23.0 Å². The van der Waals surface area contributed by atoms with Crippen molar-refractivity contribution < 1.29 is 75.3 Å². The van der Waals surface area contributed by atoms with Crippen molar-refractivity contribution in [1.82, 2.24) is 0 Å². The molecule has 14 atom stereocenters. The molecule has 2 amide bonds. The molecule has 58 heavy (non-hydrogen) atoms. The fraction of sp³-hybridized carbons (Fsp3) is 0.579. The van der Waals surface area contributed by atoms with Crippen LogP contribution in [0.25, 0.3) is 0 Å². The summed E-state index contributed by atoms with van der Waals surface area (Å²) in [5, 5.41) is 60.3. The number of carbonyl (C=O) groups is 2. The predicted octanol–water partition coefficient (Wildman–Crippen LogP) is 2.33. The standard InChI is InChI=1S/2C19H17F3N2O5/c2*1-17-11-12-16(28-5-4-18(12,29-17)14(26)13(17)25)24(15(11)27)9-3-2-8(7-23)10(6-9)19(20,21)22/h2*2-3,6,11-14,16,25-26H,4-5H2,1H3/t2*11-,12+,13-,14+,16+,17+,18-/m10/s1. The van der Waals surface area contributed by atoms with Crippen LogP contribution in [-0.2, 0) is 40.9 Å². The average molecular weight is 821 g/mol. The van der Waals surface area contributed by atoms with Crippen LogP contribution in [0.15, 0.2) is 36.4 Å². The van der Waals surface area contributed by atoms with E-state index < -0.39 is 129 Å². The number of ether oxygens (including phenoxy) is 4. The van der Waals surface area contributed by atoms with E-state index in [1.54, 1.807) is 0 Å². The Labute approximate surface area is 324 Å². The summed E-state index contributed by atoms with van der Waals surface area (Å²) in [7, 11) is 0. The molecule has 8 saturated heterocycles. The third-order valence-corrected chi connectivity index (χ3v) is 13.8. The lowest BCUT2D eigenvalue weighted by atomic mass is 9.63. The van der Waals surface area contributed by atoms with Crippen molar-refractivity contribution in [3.8, 4) is 12.1 Å². The number of fused-ring (bicyclic) bond motifs is 4. The Balaban J connectivity index is 0.000000150. The Morgan fingerprint density at radius 2 is 1.02 bits per heavy atom. The van der Waals surface area contributed by atoms with E-state index in [1.807, 2.05) is 0 Å². The van der Waals surface area contributed by atoms with Gasteiger partial charge in [0, 0.05) is 24.2 Å². The van der Waals surface area contributed by atoms with Gasteiger partial charge in [-0.3, -0.25) is 19.4 Å². The maximum atomic E-state index is 13.4. The lowest BCUT2D eigenvalue weighted by Gasteiger charge is -2.44. The summed E-state index contributed by atoms with van der Waals surface area (Å²) in [4.78, 5) is 28.9. The van der Waals surface area contributed by atoms with E-state index in [-0.39, 0.29) is 37.4 Å². The summed E-state index contributed by atoms with van der Waals surface area (Å²) in [5.41, 5.74) is -8.57. The van der Waals surface area contributed by atoms with Crippen LogP contribution in [0.5, 0.6) is 0 Å². The first kappa shape index (κ1) is 39.1. The molecular formula is C38H34F6N4O10. The summed E-state index contributed by atoms with van der Waals surface area (Å²) >= 11 is 0. The van der Waals surface area contributed by atoms with Crippen LogP contribution in [0, 0.1) is 46.3 Å². The summed E-state index contributed by atoms with van der Waals surface area (Å²) in [6.45, 7) is 3.30. The number of nitrogens with zero attached hydrogens (tertiary/aromatic N) is 4. The average Bonchev–Trinajstić information content (AvgIpc) is 3.93. The Bertz CT molecular complexity index is 2080. The van der Waals surface area contributed by atoms with Gasteiger partial charge in [0.2, 0.25) is 11.8 Å². The molecule has 8 fully saturated rings. The van der Waals surface area contributed by atoms with E-state index in [0.717, 1.165) is 34.1 Å². The number of alkyl halides is 6. The van der Waals surface area contributed by atoms with Crippen LogP contribution in [0.1, 0.15) is 48.9 Å². The number of amides is 2. The van der Waals surface area contributed by atoms with Crippen LogP contribution in [0.2, 0.25) is 0 Å². The molecule has 14 nitrogen and oxygen atoms in total. The predicted molar refractivity (Wildman–Crippen MR) is 178 cm³/mol. The van der Waals surface area contributed by atoms with Gasteiger partial charge in [-0.05, 0) is 50.2 Å². The smallest absolute Gasteiger partial charge is 0.387 e. The van der Waals surface area contributed by atoms with Gasteiger partial charge in [0.15, 0.2) is 0 Å². The number of halogens is 6. The van der Waals surface area contributed by atoms with Crippen molar-refractivity contribution in [3.05, 3.63) is 58.7 Å². The SMILES string of the molecule is C[C@@]12O[C@]3(CCO[C@@H]4[C@H]3[C@H]1C(=O)N4c1ccc(C#N)c(C(F)(F)F)c1)[C@H](O)[C@@H]2O.C[C@]12O[C@@]3(CCO[C@H]4[C@@H]3[C@@H]1C(=O)N4c1ccc(C#N)c(C(F)(F)F)c1)[C@@H](O)[C@H]2O. The first-order valence-corrected chi connectivity index (χ1v) is 18.4. The number of aliphatic hydroxyl groups excluding tert-OH is 4. The van der Waals surface area contributed by atoms with Crippen molar-refractivity contribution in [3.63, 3.8) is 0 Å². The number of anilines is 2. The zero-order chi connectivity index (χ0) is 41.9. The van der Waals surface area contributed by atoms with Gasteiger partial charge in [0.25, 0.3) is 0 Å². The quantitative estimate of drug-likeness (QED) is 0.323. The highest BCUT2D eigenvalue weighted by molar-refractivity contribution is 6.01. The van der Waals surface area contributed by atoms with Crippen molar-refractivity contribution in [1.29, 1.82) is 10.5 Å². The number of hydrogen-bond acceptors (Lipinski definition) is 12. The molecule has 10 rings (SSSR count). The zero-order valence-electron chi connectivity index (χ0n) is 30.4. The van der Waals surface area contributed by atoms with Gasteiger partial charge in [-0.2, -0.15) is 36.9 Å². The fourth-order valence-electron chi connectivity index (χ4n) is 11.3.